The summed E-state index contributed by atoms with van der Waals surface area (Å²) in [4.78, 5) is 6.20. The maximum absolute atomic E-state index is 13.4. The molecule has 1 aliphatic rings. The Kier molecular flexibility index (Phi) is 3.61. The molecule has 1 saturated heterocycles. The second kappa shape index (κ2) is 4.97. The summed E-state index contributed by atoms with van der Waals surface area (Å²) in [6, 6.07) is 1.28. The number of aromatic nitrogens is 1. The van der Waals surface area contributed by atoms with Crippen LogP contribution in [0.2, 0.25) is 5.02 Å². The lowest BCUT2D eigenvalue weighted by Gasteiger charge is -2.12. The molecule has 5 heteroatoms. The largest absolute Gasteiger partial charge is 0.367 e. The van der Waals surface area contributed by atoms with Crippen molar-refractivity contribution >= 4 is 17.4 Å². The molecule has 3 nitrogen and oxygen atoms in total. The van der Waals surface area contributed by atoms with Crippen molar-refractivity contribution in [3.63, 3.8) is 0 Å². The van der Waals surface area contributed by atoms with Crippen molar-refractivity contribution in [1.82, 2.24) is 9.88 Å². The van der Waals surface area contributed by atoms with Gasteiger partial charge < -0.3 is 10.2 Å². The first-order valence-electron chi connectivity index (χ1n) is 5.38. The molecule has 0 radical (unpaired) electrons. The fourth-order valence-corrected chi connectivity index (χ4v) is 2.12. The lowest BCUT2D eigenvalue weighted by Crippen LogP contribution is -2.19. The number of likely N-dealkylation sites (tertiary alicyclic amines) is 1. The molecule has 16 heavy (non-hydrogen) atoms. The fourth-order valence-electron chi connectivity index (χ4n) is 1.98. The Bertz CT molecular complexity index is 372. The van der Waals surface area contributed by atoms with E-state index >= 15 is 0 Å². The normalized spacial score (nSPS) is 21.3. The number of nitrogens with one attached hydrogen (secondary N) is 1. The first kappa shape index (κ1) is 11.6. The lowest BCUT2D eigenvalue weighted by atomic mass is 10.1. The van der Waals surface area contributed by atoms with Gasteiger partial charge in [0.05, 0.1) is 5.02 Å². The molecule has 1 unspecified atom stereocenters. The predicted octanol–water partition coefficient (Wildman–Crippen LogP) is 2.24. The SMILES string of the molecule is CN1CCC(CNc2ncc(Cl)cc2F)C1. The summed E-state index contributed by atoms with van der Waals surface area (Å²) in [6.07, 6.45) is 2.60. The zero-order valence-corrected chi connectivity index (χ0v) is 9.97. The Morgan fingerprint density at radius 3 is 3.12 bits per heavy atom. The van der Waals surface area contributed by atoms with E-state index in [0.29, 0.717) is 16.8 Å². The Morgan fingerprint density at radius 2 is 2.50 bits per heavy atom. The topological polar surface area (TPSA) is 28.2 Å². The molecule has 1 aliphatic heterocycles. The van der Waals surface area contributed by atoms with E-state index in [2.05, 4.69) is 22.2 Å². The van der Waals surface area contributed by atoms with Gasteiger partial charge in [-0.3, -0.25) is 0 Å². The van der Waals surface area contributed by atoms with Crippen LogP contribution in [0.3, 0.4) is 0 Å². The Balaban J connectivity index is 1.89. The van der Waals surface area contributed by atoms with Gasteiger partial charge in [0, 0.05) is 19.3 Å². The molecule has 1 aromatic heterocycles. The van der Waals surface area contributed by atoms with Crippen molar-refractivity contribution in [2.75, 3.05) is 32.0 Å². The number of hydrogen-bond donors (Lipinski definition) is 1. The van der Waals surface area contributed by atoms with Gasteiger partial charge in [-0.05, 0) is 32.0 Å². The molecule has 1 N–H and O–H groups in total. The van der Waals surface area contributed by atoms with Gasteiger partial charge >= 0.3 is 0 Å². The summed E-state index contributed by atoms with van der Waals surface area (Å²) < 4.78 is 13.4. The van der Waals surface area contributed by atoms with Crippen LogP contribution >= 0.6 is 11.6 Å². The molecule has 0 amide bonds. The molecule has 1 fully saturated rings. The van der Waals surface area contributed by atoms with Crippen molar-refractivity contribution < 1.29 is 4.39 Å². The van der Waals surface area contributed by atoms with Gasteiger partial charge in [0.25, 0.3) is 0 Å². The molecular weight excluding hydrogens is 229 g/mol. The number of nitrogens with zero attached hydrogens (tertiary/aromatic N) is 2. The Labute approximate surface area is 99.6 Å². The Morgan fingerprint density at radius 1 is 1.69 bits per heavy atom. The average molecular weight is 244 g/mol. The minimum absolute atomic E-state index is 0.291. The second-order valence-corrected chi connectivity index (χ2v) is 4.72. The molecule has 88 valence electrons. The van der Waals surface area contributed by atoms with Gasteiger partial charge in [-0.15, -0.1) is 0 Å². The number of pyridine rings is 1. The van der Waals surface area contributed by atoms with Crippen LogP contribution in [-0.4, -0.2) is 36.6 Å². The van der Waals surface area contributed by atoms with E-state index in [-0.39, 0.29) is 5.82 Å². The van der Waals surface area contributed by atoms with Crippen molar-refractivity contribution in [2.24, 2.45) is 5.92 Å². The minimum atomic E-state index is -0.390. The van der Waals surface area contributed by atoms with E-state index in [1.54, 1.807) is 0 Å². The highest BCUT2D eigenvalue weighted by atomic mass is 35.5. The monoisotopic (exact) mass is 243 g/mol. The number of halogens is 2. The van der Waals surface area contributed by atoms with E-state index in [9.17, 15) is 4.39 Å². The van der Waals surface area contributed by atoms with Gasteiger partial charge in [0.2, 0.25) is 0 Å². The minimum Gasteiger partial charge on any atom is -0.367 e. The average Bonchev–Trinajstić information content (AvgIpc) is 2.63. The molecule has 0 aliphatic carbocycles. The van der Waals surface area contributed by atoms with E-state index in [4.69, 9.17) is 11.6 Å². The highest BCUT2D eigenvalue weighted by molar-refractivity contribution is 6.30. The summed E-state index contributed by atoms with van der Waals surface area (Å²) in [6.45, 7) is 2.93. The van der Waals surface area contributed by atoms with Crippen LogP contribution in [0.1, 0.15) is 6.42 Å². The van der Waals surface area contributed by atoms with E-state index in [1.807, 2.05) is 0 Å². The molecule has 0 saturated carbocycles. The quantitative estimate of drug-likeness (QED) is 0.883. The van der Waals surface area contributed by atoms with Crippen LogP contribution in [0.15, 0.2) is 12.3 Å². The van der Waals surface area contributed by atoms with Crippen LogP contribution in [0.5, 0.6) is 0 Å². The Hall–Kier alpha value is -0.870. The summed E-state index contributed by atoms with van der Waals surface area (Å²) in [5, 5.41) is 3.35. The first-order valence-corrected chi connectivity index (χ1v) is 5.76. The van der Waals surface area contributed by atoms with Crippen LogP contribution in [0.25, 0.3) is 0 Å². The van der Waals surface area contributed by atoms with Crippen LogP contribution < -0.4 is 5.32 Å². The van der Waals surface area contributed by atoms with Gasteiger partial charge in [-0.2, -0.15) is 0 Å². The number of anilines is 1. The predicted molar refractivity (Wildman–Crippen MR) is 63.3 cm³/mol. The third-order valence-electron chi connectivity index (χ3n) is 2.85. The summed E-state index contributed by atoms with van der Waals surface area (Å²) in [5.74, 6) is 0.472. The van der Waals surface area contributed by atoms with E-state index < -0.39 is 0 Å². The van der Waals surface area contributed by atoms with Crippen LogP contribution in [0.4, 0.5) is 10.2 Å². The highest BCUT2D eigenvalue weighted by Crippen LogP contribution is 2.18. The fraction of sp³-hybridized carbons (Fsp3) is 0.545. The molecule has 0 aromatic carbocycles. The van der Waals surface area contributed by atoms with Crippen molar-refractivity contribution in [3.8, 4) is 0 Å². The first-order chi connectivity index (χ1) is 7.65. The molecular formula is C11H15ClFN3. The smallest absolute Gasteiger partial charge is 0.166 e. The third-order valence-corrected chi connectivity index (χ3v) is 3.06. The lowest BCUT2D eigenvalue weighted by molar-refractivity contribution is 0.399. The van der Waals surface area contributed by atoms with Crippen molar-refractivity contribution in [3.05, 3.63) is 23.1 Å². The maximum atomic E-state index is 13.4. The maximum Gasteiger partial charge on any atom is 0.166 e. The number of hydrogen-bond acceptors (Lipinski definition) is 3. The van der Waals surface area contributed by atoms with Crippen LogP contribution in [0, 0.1) is 11.7 Å². The van der Waals surface area contributed by atoms with Crippen LogP contribution in [-0.2, 0) is 0 Å². The van der Waals surface area contributed by atoms with Gasteiger partial charge in [0.15, 0.2) is 11.6 Å². The molecule has 1 aromatic rings. The summed E-state index contributed by atoms with van der Waals surface area (Å²) >= 11 is 5.63. The standard InChI is InChI=1S/C11H15ClFN3/c1-16-3-2-8(7-16)5-14-11-10(13)4-9(12)6-15-11/h4,6,8H,2-3,5,7H2,1H3,(H,14,15). The second-order valence-electron chi connectivity index (χ2n) is 4.28. The molecule has 0 spiro atoms. The highest BCUT2D eigenvalue weighted by Gasteiger charge is 2.19. The number of rotatable bonds is 3. The summed E-state index contributed by atoms with van der Waals surface area (Å²) in [5.41, 5.74) is 0. The summed E-state index contributed by atoms with van der Waals surface area (Å²) in [7, 11) is 2.10. The van der Waals surface area contributed by atoms with E-state index in [1.165, 1.54) is 12.3 Å². The molecule has 0 bridgehead atoms. The van der Waals surface area contributed by atoms with E-state index in [0.717, 1.165) is 26.1 Å². The molecule has 1 atom stereocenters. The van der Waals surface area contributed by atoms with Gasteiger partial charge in [0.1, 0.15) is 0 Å². The molecule has 2 heterocycles. The van der Waals surface area contributed by atoms with Gasteiger partial charge in [-0.1, -0.05) is 11.6 Å². The zero-order chi connectivity index (χ0) is 11.5. The molecule has 2 rings (SSSR count). The van der Waals surface area contributed by atoms with Crippen molar-refractivity contribution in [2.45, 2.75) is 6.42 Å². The third kappa shape index (κ3) is 2.83. The van der Waals surface area contributed by atoms with Crippen molar-refractivity contribution in [1.29, 1.82) is 0 Å². The zero-order valence-electron chi connectivity index (χ0n) is 9.21. The van der Waals surface area contributed by atoms with Gasteiger partial charge in [-0.25, -0.2) is 9.37 Å².